The molecular weight excluding hydrogens is 238 g/mol. The molecule has 5 heteroatoms. The van der Waals surface area contributed by atoms with Crippen molar-refractivity contribution in [2.45, 2.75) is 19.4 Å². The zero-order valence-electron chi connectivity index (χ0n) is 10.2. The maximum Gasteiger partial charge on any atom is 0.251 e. The van der Waals surface area contributed by atoms with Crippen LogP contribution in [0.25, 0.3) is 0 Å². The van der Waals surface area contributed by atoms with Crippen molar-refractivity contribution in [3.63, 3.8) is 0 Å². The number of halogens is 2. The fourth-order valence-corrected chi connectivity index (χ4v) is 2.12. The number of rotatable bonds is 2. The number of carbonyl (C=O) groups excluding carboxylic acids is 1. The van der Waals surface area contributed by atoms with Crippen molar-refractivity contribution in [2.75, 3.05) is 13.1 Å². The van der Waals surface area contributed by atoms with Gasteiger partial charge in [-0.2, -0.15) is 0 Å². The average Bonchev–Trinajstić information content (AvgIpc) is 2.35. The van der Waals surface area contributed by atoms with Gasteiger partial charge in [0.1, 0.15) is 0 Å². The van der Waals surface area contributed by atoms with E-state index < -0.39 is 11.6 Å². The minimum atomic E-state index is -0.999. The van der Waals surface area contributed by atoms with Crippen LogP contribution in [-0.4, -0.2) is 25.0 Å². The Morgan fingerprint density at radius 2 is 2.17 bits per heavy atom. The first-order valence-electron chi connectivity index (χ1n) is 6.04. The van der Waals surface area contributed by atoms with Crippen LogP contribution in [0.4, 0.5) is 8.78 Å². The van der Waals surface area contributed by atoms with Crippen molar-refractivity contribution in [3.05, 3.63) is 35.4 Å². The molecule has 0 spiro atoms. The van der Waals surface area contributed by atoms with Crippen LogP contribution in [0, 0.1) is 17.6 Å². The summed E-state index contributed by atoms with van der Waals surface area (Å²) in [4.78, 5) is 11.9. The fourth-order valence-electron chi connectivity index (χ4n) is 2.12. The van der Waals surface area contributed by atoms with Gasteiger partial charge < -0.3 is 10.6 Å². The van der Waals surface area contributed by atoms with Crippen LogP contribution < -0.4 is 10.6 Å². The maximum absolute atomic E-state index is 13.0. The van der Waals surface area contributed by atoms with Crippen LogP contribution >= 0.6 is 0 Å². The molecule has 1 amide bonds. The van der Waals surface area contributed by atoms with E-state index in [1.54, 1.807) is 0 Å². The van der Waals surface area contributed by atoms with Crippen LogP contribution in [0.1, 0.15) is 23.7 Å². The van der Waals surface area contributed by atoms with Gasteiger partial charge in [-0.25, -0.2) is 8.78 Å². The minimum Gasteiger partial charge on any atom is -0.349 e. The summed E-state index contributed by atoms with van der Waals surface area (Å²) in [6, 6.07) is 3.26. The number of hydrogen-bond donors (Lipinski definition) is 2. The number of carbonyl (C=O) groups is 1. The highest BCUT2D eigenvalue weighted by Crippen LogP contribution is 2.13. The molecule has 18 heavy (non-hydrogen) atoms. The van der Waals surface area contributed by atoms with Gasteiger partial charge in [0.05, 0.1) is 0 Å². The molecule has 2 rings (SSSR count). The third kappa shape index (κ3) is 2.85. The molecule has 1 aliphatic rings. The highest BCUT2D eigenvalue weighted by Gasteiger charge is 2.23. The molecule has 1 heterocycles. The van der Waals surface area contributed by atoms with Crippen LogP contribution in [0.3, 0.4) is 0 Å². The van der Waals surface area contributed by atoms with Crippen LogP contribution in [-0.2, 0) is 0 Å². The van der Waals surface area contributed by atoms with E-state index in [0.29, 0.717) is 5.92 Å². The van der Waals surface area contributed by atoms with Crippen LogP contribution in [0.15, 0.2) is 18.2 Å². The summed E-state index contributed by atoms with van der Waals surface area (Å²) in [5.74, 6) is -1.97. The van der Waals surface area contributed by atoms with Gasteiger partial charge >= 0.3 is 0 Å². The molecule has 0 radical (unpaired) electrons. The Balaban J connectivity index is 2.04. The molecule has 2 N–H and O–H groups in total. The van der Waals surface area contributed by atoms with Crippen molar-refractivity contribution in [1.29, 1.82) is 0 Å². The van der Waals surface area contributed by atoms with Gasteiger partial charge in [-0.05, 0) is 43.6 Å². The Morgan fingerprint density at radius 3 is 2.83 bits per heavy atom. The number of hydrogen-bond acceptors (Lipinski definition) is 2. The predicted molar refractivity (Wildman–Crippen MR) is 64.3 cm³/mol. The lowest BCUT2D eigenvalue weighted by Crippen LogP contribution is -2.48. The van der Waals surface area contributed by atoms with Gasteiger partial charge in [-0.3, -0.25) is 4.79 Å². The molecule has 3 nitrogen and oxygen atoms in total. The van der Waals surface area contributed by atoms with Gasteiger partial charge in [-0.15, -0.1) is 0 Å². The quantitative estimate of drug-likeness (QED) is 0.843. The normalized spacial score (nSPS) is 23.7. The first-order chi connectivity index (χ1) is 8.58. The van der Waals surface area contributed by atoms with E-state index >= 15 is 0 Å². The number of nitrogens with one attached hydrogen (secondary N) is 2. The van der Waals surface area contributed by atoms with E-state index in [1.807, 2.05) is 6.92 Å². The maximum atomic E-state index is 13.0. The highest BCUT2D eigenvalue weighted by atomic mass is 19.2. The molecule has 2 unspecified atom stereocenters. The number of amides is 1. The second kappa shape index (κ2) is 5.44. The summed E-state index contributed by atoms with van der Waals surface area (Å²) in [7, 11) is 0. The Labute approximate surface area is 105 Å². The van der Waals surface area contributed by atoms with E-state index in [1.165, 1.54) is 6.07 Å². The Hall–Kier alpha value is -1.49. The van der Waals surface area contributed by atoms with Gasteiger partial charge in [0.15, 0.2) is 11.6 Å². The zero-order valence-corrected chi connectivity index (χ0v) is 10.2. The van der Waals surface area contributed by atoms with Crippen molar-refractivity contribution < 1.29 is 13.6 Å². The van der Waals surface area contributed by atoms with Crippen LogP contribution in [0.5, 0.6) is 0 Å². The lowest BCUT2D eigenvalue weighted by Gasteiger charge is -2.30. The second-order valence-corrected chi connectivity index (χ2v) is 4.68. The molecule has 98 valence electrons. The molecule has 0 saturated carbocycles. The Bertz CT molecular complexity index is 451. The lowest BCUT2D eigenvalue weighted by atomic mass is 9.95. The standard InChI is InChI=1S/C13H16F2N2O/c1-8-7-16-5-4-12(8)17-13(18)9-2-3-10(14)11(15)6-9/h2-3,6,8,12,16H,4-5,7H2,1H3,(H,17,18). The van der Waals surface area contributed by atoms with E-state index in [2.05, 4.69) is 10.6 Å². The molecule has 1 aliphatic heterocycles. The molecule has 0 bridgehead atoms. The Kier molecular flexibility index (Phi) is 3.91. The highest BCUT2D eigenvalue weighted by molar-refractivity contribution is 5.94. The number of piperidine rings is 1. The zero-order chi connectivity index (χ0) is 13.1. The van der Waals surface area contributed by atoms with Gasteiger partial charge in [0.25, 0.3) is 5.91 Å². The van der Waals surface area contributed by atoms with Gasteiger partial charge in [-0.1, -0.05) is 6.92 Å². The summed E-state index contributed by atoms with van der Waals surface area (Å²) in [6.07, 6.45) is 0.844. The third-order valence-corrected chi connectivity index (χ3v) is 3.28. The SMILES string of the molecule is CC1CNCCC1NC(=O)c1ccc(F)c(F)c1. The molecule has 1 aromatic rings. The summed E-state index contributed by atoms with van der Waals surface area (Å²) in [5.41, 5.74) is 0.152. The van der Waals surface area contributed by atoms with Crippen molar-refractivity contribution in [2.24, 2.45) is 5.92 Å². The van der Waals surface area contributed by atoms with Crippen LogP contribution in [0.2, 0.25) is 0 Å². The van der Waals surface area contributed by atoms with Gasteiger partial charge in [0.2, 0.25) is 0 Å². The van der Waals surface area contributed by atoms with E-state index in [4.69, 9.17) is 0 Å². The second-order valence-electron chi connectivity index (χ2n) is 4.68. The first kappa shape index (κ1) is 13.0. The smallest absolute Gasteiger partial charge is 0.251 e. The topological polar surface area (TPSA) is 41.1 Å². The summed E-state index contributed by atoms with van der Waals surface area (Å²) >= 11 is 0. The van der Waals surface area contributed by atoms with Crippen molar-refractivity contribution >= 4 is 5.91 Å². The molecule has 0 aromatic heterocycles. The van der Waals surface area contributed by atoms with E-state index in [-0.39, 0.29) is 17.5 Å². The summed E-state index contributed by atoms with van der Waals surface area (Å²) in [6.45, 7) is 3.75. The average molecular weight is 254 g/mol. The predicted octanol–water partition coefficient (Wildman–Crippen LogP) is 1.69. The molecule has 1 aromatic carbocycles. The summed E-state index contributed by atoms with van der Waals surface area (Å²) < 4.78 is 25.8. The largest absolute Gasteiger partial charge is 0.349 e. The molecule has 1 saturated heterocycles. The molecule has 1 fully saturated rings. The molecule has 2 atom stereocenters. The molecular formula is C13H16F2N2O. The fraction of sp³-hybridized carbons (Fsp3) is 0.462. The molecule has 0 aliphatic carbocycles. The third-order valence-electron chi connectivity index (χ3n) is 3.28. The first-order valence-corrected chi connectivity index (χ1v) is 6.04. The lowest BCUT2D eigenvalue weighted by molar-refractivity contribution is 0.0913. The summed E-state index contributed by atoms with van der Waals surface area (Å²) in [5, 5.41) is 6.10. The van der Waals surface area contributed by atoms with E-state index in [9.17, 15) is 13.6 Å². The van der Waals surface area contributed by atoms with Crippen molar-refractivity contribution in [1.82, 2.24) is 10.6 Å². The van der Waals surface area contributed by atoms with Crippen molar-refractivity contribution in [3.8, 4) is 0 Å². The minimum absolute atomic E-state index is 0.0758. The Morgan fingerprint density at radius 1 is 1.39 bits per heavy atom. The number of benzene rings is 1. The van der Waals surface area contributed by atoms with E-state index in [0.717, 1.165) is 31.6 Å². The monoisotopic (exact) mass is 254 g/mol. The van der Waals surface area contributed by atoms with Gasteiger partial charge in [0, 0.05) is 11.6 Å².